The van der Waals surface area contributed by atoms with E-state index >= 15 is 0 Å². The number of piperidine rings is 1. The smallest absolute Gasteiger partial charge is 0.407 e. The summed E-state index contributed by atoms with van der Waals surface area (Å²) in [4.78, 5) is 12.4. The molecule has 2 atom stereocenters. The van der Waals surface area contributed by atoms with Gasteiger partial charge in [0.25, 0.3) is 0 Å². The summed E-state index contributed by atoms with van der Waals surface area (Å²) in [6.45, 7) is 0.389. The van der Waals surface area contributed by atoms with Crippen LogP contribution in [0, 0.1) is 5.82 Å². The molecule has 1 aliphatic heterocycles. The predicted octanol–water partition coefficient (Wildman–Crippen LogP) is 3.05. The zero-order valence-corrected chi connectivity index (χ0v) is 11.0. The topological polar surface area (TPSA) is 60.8 Å². The van der Waals surface area contributed by atoms with Crippen molar-refractivity contribution in [1.29, 1.82) is 0 Å². The molecule has 0 radical (unpaired) electrons. The molecule has 6 heteroatoms. The Morgan fingerprint density at radius 2 is 2.16 bits per heavy atom. The highest BCUT2D eigenvalue weighted by atomic mass is 35.5. The molecule has 1 aliphatic rings. The Hall–Kier alpha value is -1.33. The van der Waals surface area contributed by atoms with Gasteiger partial charge in [-0.1, -0.05) is 11.6 Å². The summed E-state index contributed by atoms with van der Waals surface area (Å²) in [6.07, 6.45) is 0.0473. The van der Waals surface area contributed by atoms with Crippen molar-refractivity contribution in [2.75, 3.05) is 6.54 Å². The number of rotatable bonds is 2. The number of hydrogen-bond acceptors (Lipinski definition) is 2. The lowest BCUT2D eigenvalue weighted by Crippen LogP contribution is -2.46. The van der Waals surface area contributed by atoms with Crippen molar-refractivity contribution in [3.8, 4) is 0 Å². The Balaban J connectivity index is 2.25. The average molecular weight is 288 g/mol. The molecule has 1 amide bonds. The SMILES string of the molecule is O=C(O)N1CCCCC1[C@@H](O)c1cc(F)cc(Cl)c1. The van der Waals surface area contributed by atoms with E-state index in [0.717, 1.165) is 18.9 Å². The number of carboxylic acid groups (broad SMARTS) is 1. The van der Waals surface area contributed by atoms with Crippen LogP contribution in [0.4, 0.5) is 9.18 Å². The van der Waals surface area contributed by atoms with E-state index in [-0.39, 0.29) is 5.02 Å². The minimum Gasteiger partial charge on any atom is -0.465 e. The molecule has 0 saturated carbocycles. The van der Waals surface area contributed by atoms with E-state index in [1.165, 1.54) is 17.0 Å². The van der Waals surface area contributed by atoms with Crippen molar-refractivity contribution < 1.29 is 19.4 Å². The summed E-state index contributed by atoms with van der Waals surface area (Å²) < 4.78 is 13.3. The predicted molar refractivity (Wildman–Crippen MR) is 68.7 cm³/mol. The van der Waals surface area contributed by atoms with Crippen molar-refractivity contribution in [1.82, 2.24) is 4.90 Å². The zero-order valence-electron chi connectivity index (χ0n) is 10.2. The highest BCUT2D eigenvalue weighted by Gasteiger charge is 2.33. The minimum absolute atomic E-state index is 0.187. The Morgan fingerprint density at radius 3 is 2.79 bits per heavy atom. The number of nitrogens with zero attached hydrogens (tertiary/aromatic N) is 1. The van der Waals surface area contributed by atoms with E-state index in [1.54, 1.807) is 0 Å². The van der Waals surface area contributed by atoms with Crippen LogP contribution in [-0.4, -0.2) is 33.8 Å². The van der Waals surface area contributed by atoms with Gasteiger partial charge in [-0.2, -0.15) is 0 Å². The molecule has 1 unspecified atom stereocenters. The number of aliphatic hydroxyl groups excluding tert-OH is 1. The molecule has 2 rings (SSSR count). The summed E-state index contributed by atoms with van der Waals surface area (Å²) in [5.41, 5.74) is 0.308. The van der Waals surface area contributed by atoms with Gasteiger partial charge in [0.1, 0.15) is 5.82 Å². The first-order valence-electron chi connectivity index (χ1n) is 6.12. The van der Waals surface area contributed by atoms with Gasteiger partial charge in [-0.3, -0.25) is 0 Å². The lowest BCUT2D eigenvalue weighted by atomic mass is 9.93. The van der Waals surface area contributed by atoms with Crippen LogP contribution < -0.4 is 0 Å². The Kier molecular flexibility index (Phi) is 4.27. The molecule has 0 bridgehead atoms. The van der Waals surface area contributed by atoms with Crippen molar-refractivity contribution in [3.05, 3.63) is 34.6 Å². The molecule has 1 heterocycles. The van der Waals surface area contributed by atoms with Crippen molar-refractivity contribution >= 4 is 17.7 Å². The molecular weight excluding hydrogens is 273 g/mol. The number of halogens is 2. The summed E-state index contributed by atoms with van der Waals surface area (Å²) in [5, 5.41) is 19.6. The Bertz CT molecular complexity index is 463. The molecule has 1 aromatic carbocycles. The minimum atomic E-state index is -1.07. The fraction of sp³-hybridized carbons (Fsp3) is 0.462. The van der Waals surface area contributed by atoms with Gasteiger partial charge in [0.2, 0.25) is 0 Å². The van der Waals surface area contributed by atoms with Crippen LogP contribution in [0.3, 0.4) is 0 Å². The third-order valence-electron chi connectivity index (χ3n) is 3.39. The molecule has 2 N–H and O–H groups in total. The van der Waals surface area contributed by atoms with Crippen molar-refractivity contribution in [3.63, 3.8) is 0 Å². The molecule has 1 saturated heterocycles. The number of carbonyl (C=O) groups is 1. The molecule has 1 aromatic rings. The Morgan fingerprint density at radius 1 is 1.42 bits per heavy atom. The maximum absolute atomic E-state index is 13.3. The van der Waals surface area contributed by atoms with Gasteiger partial charge in [0, 0.05) is 11.6 Å². The van der Waals surface area contributed by atoms with E-state index in [2.05, 4.69) is 0 Å². The Labute approximate surface area is 115 Å². The zero-order chi connectivity index (χ0) is 14.0. The molecule has 0 aromatic heterocycles. The number of amides is 1. The lowest BCUT2D eigenvalue weighted by molar-refractivity contribution is 0.0284. The fourth-order valence-electron chi connectivity index (χ4n) is 2.49. The highest BCUT2D eigenvalue weighted by molar-refractivity contribution is 6.30. The van der Waals surface area contributed by atoms with Crippen LogP contribution >= 0.6 is 11.6 Å². The van der Waals surface area contributed by atoms with Crippen LogP contribution in [0.1, 0.15) is 30.9 Å². The van der Waals surface area contributed by atoms with Crippen LogP contribution in [0.5, 0.6) is 0 Å². The quantitative estimate of drug-likeness (QED) is 0.879. The molecule has 104 valence electrons. The molecule has 4 nitrogen and oxygen atoms in total. The summed E-state index contributed by atoms with van der Waals surface area (Å²) in [6, 6.07) is 3.24. The fourth-order valence-corrected chi connectivity index (χ4v) is 2.72. The molecule has 1 fully saturated rings. The van der Waals surface area contributed by atoms with E-state index in [1.807, 2.05) is 0 Å². The molecular formula is C13H15ClFNO3. The van der Waals surface area contributed by atoms with Crippen LogP contribution in [0.25, 0.3) is 0 Å². The van der Waals surface area contributed by atoms with Crippen LogP contribution in [-0.2, 0) is 0 Å². The second-order valence-corrected chi connectivity index (χ2v) is 5.12. The standard InChI is InChI=1S/C13H15ClFNO3/c14-9-5-8(6-10(15)7-9)12(17)11-3-1-2-4-16(11)13(18)19/h5-7,11-12,17H,1-4H2,(H,18,19)/t11?,12-/m0/s1. The first-order valence-corrected chi connectivity index (χ1v) is 6.50. The van der Waals surface area contributed by atoms with Gasteiger partial charge in [-0.15, -0.1) is 0 Å². The highest BCUT2D eigenvalue weighted by Crippen LogP contribution is 2.30. The lowest BCUT2D eigenvalue weighted by Gasteiger charge is -2.36. The van der Waals surface area contributed by atoms with Gasteiger partial charge in [-0.05, 0) is 43.0 Å². The summed E-state index contributed by atoms with van der Waals surface area (Å²) in [5.74, 6) is -0.542. The number of benzene rings is 1. The number of hydrogen-bond donors (Lipinski definition) is 2. The maximum atomic E-state index is 13.3. The summed E-state index contributed by atoms with van der Waals surface area (Å²) in [7, 11) is 0. The van der Waals surface area contributed by atoms with Crippen molar-refractivity contribution in [2.24, 2.45) is 0 Å². The monoisotopic (exact) mass is 287 g/mol. The third-order valence-corrected chi connectivity index (χ3v) is 3.60. The molecule has 19 heavy (non-hydrogen) atoms. The second kappa shape index (κ2) is 5.75. The van der Waals surface area contributed by atoms with Gasteiger partial charge in [0.15, 0.2) is 0 Å². The average Bonchev–Trinajstić information content (AvgIpc) is 2.36. The third kappa shape index (κ3) is 3.16. The first kappa shape index (κ1) is 14.1. The number of aliphatic hydroxyl groups is 1. The largest absolute Gasteiger partial charge is 0.465 e. The first-order chi connectivity index (χ1) is 8.99. The second-order valence-electron chi connectivity index (χ2n) is 4.69. The van der Waals surface area contributed by atoms with Gasteiger partial charge in [-0.25, -0.2) is 9.18 Å². The maximum Gasteiger partial charge on any atom is 0.407 e. The number of likely N-dealkylation sites (tertiary alicyclic amines) is 1. The van der Waals surface area contributed by atoms with E-state index in [9.17, 15) is 14.3 Å². The van der Waals surface area contributed by atoms with E-state index in [0.29, 0.717) is 18.5 Å². The molecule has 0 spiro atoms. The van der Waals surface area contributed by atoms with E-state index in [4.69, 9.17) is 16.7 Å². The van der Waals surface area contributed by atoms with E-state index < -0.39 is 24.1 Å². The van der Waals surface area contributed by atoms with Crippen LogP contribution in [0.15, 0.2) is 18.2 Å². The summed E-state index contributed by atoms with van der Waals surface area (Å²) >= 11 is 5.75. The van der Waals surface area contributed by atoms with Crippen LogP contribution in [0.2, 0.25) is 5.02 Å². The van der Waals surface area contributed by atoms with Gasteiger partial charge < -0.3 is 15.1 Å². The van der Waals surface area contributed by atoms with Crippen molar-refractivity contribution in [2.45, 2.75) is 31.4 Å². The van der Waals surface area contributed by atoms with Gasteiger partial charge >= 0.3 is 6.09 Å². The normalized spacial score (nSPS) is 21.2. The van der Waals surface area contributed by atoms with Gasteiger partial charge in [0.05, 0.1) is 12.1 Å². The molecule has 0 aliphatic carbocycles.